The molecule has 100 valence electrons. The van der Waals surface area contributed by atoms with E-state index in [-0.39, 0.29) is 22.6 Å². The zero-order valence-electron chi connectivity index (χ0n) is 9.93. The number of benzene rings is 2. The predicted molar refractivity (Wildman–Crippen MR) is 77.3 cm³/mol. The van der Waals surface area contributed by atoms with E-state index in [2.05, 4.69) is 15.9 Å². The molecule has 0 spiro atoms. The van der Waals surface area contributed by atoms with Crippen molar-refractivity contribution >= 4 is 33.5 Å². The van der Waals surface area contributed by atoms with Crippen LogP contribution in [0, 0.1) is 11.3 Å². The zero-order valence-corrected chi connectivity index (χ0v) is 12.3. The molecule has 0 aliphatic carbocycles. The molecule has 0 saturated carbocycles. The van der Waals surface area contributed by atoms with E-state index in [0.717, 1.165) is 0 Å². The van der Waals surface area contributed by atoms with Gasteiger partial charge in [0.1, 0.15) is 23.1 Å². The summed E-state index contributed by atoms with van der Waals surface area (Å²) in [5.41, 5.74) is 0.261. The van der Waals surface area contributed by atoms with Gasteiger partial charge in [-0.05, 0) is 30.3 Å². The van der Waals surface area contributed by atoms with E-state index in [1.165, 1.54) is 24.3 Å². The molecule has 0 amide bonds. The first-order valence-electron chi connectivity index (χ1n) is 5.41. The fourth-order valence-electron chi connectivity index (χ4n) is 1.55. The van der Waals surface area contributed by atoms with Crippen LogP contribution >= 0.6 is 27.5 Å². The molecule has 0 unspecified atom stereocenters. The van der Waals surface area contributed by atoms with Crippen LogP contribution in [0.4, 0.5) is 0 Å². The van der Waals surface area contributed by atoms with Crippen LogP contribution < -0.4 is 4.74 Å². The molecule has 1 N–H and O–H groups in total. The van der Waals surface area contributed by atoms with Crippen molar-refractivity contribution in [3.63, 3.8) is 0 Å². The van der Waals surface area contributed by atoms with Crippen molar-refractivity contribution in [1.82, 2.24) is 0 Å². The van der Waals surface area contributed by atoms with E-state index in [0.29, 0.717) is 9.50 Å². The normalized spacial score (nSPS) is 9.85. The maximum Gasteiger partial charge on any atom is 0.339 e. The Morgan fingerprint density at radius 1 is 1.25 bits per heavy atom. The molecule has 2 aromatic carbocycles. The number of ether oxygens (including phenoxy) is 1. The Morgan fingerprint density at radius 3 is 2.65 bits per heavy atom. The van der Waals surface area contributed by atoms with Gasteiger partial charge < -0.3 is 9.84 Å². The van der Waals surface area contributed by atoms with Gasteiger partial charge in [0.2, 0.25) is 0 Å². The number of halogens is 2. The van der Waals surface area contributed by atoms with Gasteiger partial charge in [-0.25, -0.2) is 4.79 Å². The number of carboxylic acid groups (broad SMARTS) is 1. The van der Waals surface area contributed by atoms with E-state index in [1.807, 2.05) is 6.07 Å². The molecule has 0 atom stereocenters. The van der Waals surface area contributed by atoms with Crippen LogP contribution in [0.1, 0.15) is 15.9 Å². The summed E-state index contributed by atoms with van der Waals surface area (Å²) in [4.78, 5) is 11.2. The van der Waals surface area contributed by atoms with Gasteiger partial charge in [-0.15, -0.1) is 0 Å². The van der Waals surface area contributed by atoms with E-state index in [1.54, 1.807) is 12.1 Å². The maximum atomic E-state index is 11.2. The van der Waals surface area contributed by atoms with Gasteiger partial charge in [0.25, 0.3) is 0 Å². The lowest BCUT2D eigenvalue weighted by molar-refractivity contribution is 0.0694. The highest BCUT2D eigenvalue weighted by Crippen LogP contribution is 2.31. The molecular weight excluding hydrogens is 346 g/mol. The largest absolute Gasteiger partial charge is 0.478 e. The predicted octanol–water partition coefficient (Wildman–Crippen LogP) is 4.46. The number of hydrogen-bond donors (Lipinski definition) is 1. The van der Waals surface area contributed by atoms with Gasteiger partial charge in [-0.1, -0.05) is 27.5 Å². The van der Waals surface area contributed by atoms with Crippen molar-refractivity contribution in [2.75, 3.05) is 0 Å². The molecule has 0 saturated heterocycles. The van der Waals surface area contributed by atoms with Crippen molar-refractivity contribution < 1.29 is 14.6 Å². The highest BCUT2D eigenvalue weighted by molar-refractivity contribution is 9.10. The Hall–Kier alpha value is -2.03. The SMILES string of the molecule is N#Cc1ccc(Cl)cc1Oc1ccc(Br)cc1C(=O)O. The van der Waals surface area contributed by atoms with Gasteiger partial charge in [0.05, 0.1) is 5.56 Å². The van der Waals surface area contributed by atoms with Crippen LogP contribution in [-0.4, -0.2) is 11.1 Å². The molecule has 2 aromatic rings. The van der Waals surface area contributed by atoms with Crippen LogP contribution in [0.15, 0.2) is 40.9 Å². The Kier molecular flexibility index (Phi) is 4.28. The molecule has 0 radical (unpaired) electrons. The van der Waals surface area contributed by atoms with Crippen LogP contribution in [0.5, 0.6) is 11.5 Å². The van der Waals surface area contributed by atoms with Gasteiger partial charge in [0, 0.05) is 15.6 Å². The summed E-state index contributed by atoms with van der Waals surface area (Å²) in [7, 11) is 0. The Balaban J connectivity index is 2.48. The lowest BCUT2D eigenvalue weighted by Gasteiger charge is -2.10. The third-order valence-corrected chi connectivity index (χ3v) is 3.18. The molecule has 2 rings (SSSR count). The quantitative estimate of drug-likeness (QED) is 0.885. The van der Waals surface area contributed by atoms with Crippen molar-refractivity contribution in [2.45, 2.75) is 0 Å². The molecule has 0 aromatic heterocycles. The summed E-state index contributed by atoms with van der Waals surface area (Å²) in [6, 6.07) is 11.1. The van der Waals surface area contributed by atoms with Gasteiger partial charge in [0.15, 0.2) is 0 Å². The van der Waals surface area contributed by atoms with Crippen molar-refractivity contribution in [3.05, 3.63) is 57.0 Å². The third kappa shape index (κ3) is 3.10. The number of nitriles is 1. The molecule has 0 bridgehead atoms. The zero-order chi connectivity index (χ0) is 14.7. The summed E-state index contributed by atoms with van der Waals surface area (Å²) < 4.78 is 6.14. The number of carboxylic acids is 1. The minimum atomic E-state index is -1.12. The maximum absolute atomic E-state index is 11.2. The Labute approximate surface area is 128 Å². The monoisotopic (exact) mass is 351 g/mol. The van der Waals surface area contributed by atoms with E-state index in [4.69, 9.17) is 26.7 Å². The molecule has 0 fully saturated rings. The summed E-state index contributed by atoms with van der Waals surface area (Å²) >= 11 is 9.05. The van der Waals surface area contributed by atoms with E-state index >= 15 is 0 Å². The second-order valence-corrected chi connectivity index (χ2v) is 5.15. The van der Waals surface area contributed by atoms with Crippen LogP contribution in [-0.2, 0) is 0 Å². The van der Waals surface area contributed by atoms with E-state index in [9.17, 15) is 4.79 Å². The van der Waals surface area contributed by atoms with E-state index < -0.39 is 5.97 Å². The minimum absolute atomic E-state index is 0.0109. The molecule has 20 heavy (non-hydrogen) atoms. The standard InChI is InChI=1S/C14H7BrClNO3/c15-9-2-4-12(11(5-9)14(18)19)20-13-6-10(16)3-1-8(13)7-17/h1-6H,(H,18,19). The highest BCUT2D eigenvalue weighted by Gasteiger charge is 2.14. The topological polar surface area (TPSA) is 70.3 Å². The fraction of sp³-hybridized carbons (Fsp3) is 0. The number of hydrogen-bond acceptors (Lipinski definition) is 3. The van der Waals surface area contributed by atoms with Gasteiger partial charge in [-0.3, -0.25) is 0 Å². The first-order chi connectivity index (χ1) is 9.51. The first-order valence-corrected chi connectivity index (χ1v) is 6.58. The van der Waals surface area contributed by atoms with Crippen molar-refractivity contribution in [2.24, 2.45) is 0 Å². The number of nitrogens with zero attached hydrogens (tertiary/aromatic N) is 1. The first kappa shape index (κ1) is 14.4. The average molecular weight is 353 g/mol. The number of rotatable bonds is 3. The lowest BCUT2D eigenvalue weighted by atomic mass is 10.2. The molecule has 4 nitrogen and oxygen atoms in total. The van der Waals surface area contributed by atoms with Gasteiger partial charge in [-0.2, -0.15) is 5.26 Å². The minimum Gasteiger partial charge on any atom is -0.478 e. The smallest absolute Gasteiger partial charge is 0.339 e. The fourth-order valence-corrected chi connectivity index (χ4v) is 2.07. The number of aromatic carboxylic acids is 1. The van der Waals surface area contributed by atoms with Crippen molar-refractivity contribution in [1.29, 1.82) is 5.26 Å². The van der Waals surface area contributed by atoms with Crippen molar-refractivity contribution in [3.8, 4) is 17.6 Å². The lowest BCUT2D eigenvalue weighted by Crippen LogP contribution is -2.00. The third-order valence-electron chi connectivity index (χ3n) is 2.46. The summed E-state index contributed by atoms with van der Waals surface area (Å²) in [5.74, 6) is -0.772. The Morgan fingerprint density at radius 2 is 2.00 bits per heavy atom. The van der Waals surface area contributed by atoms with Crippen LogP contribution in [0.2, 0.25) is 5.02 Å². The highest BCUT2D eigenvalue weighted by atomic mass is 79.9. The summed E-state index contributed by atoms with van der Waals surface area (Å²) in [6.45, 7) is 0. The molecule has 0 aliphatic heterocycles. The molecule has 0 heterocycles. The van der Waals surface area contributed by atoms with Crippen LogP contribution in [0.25, 0.3) is 0 Å². The Bertz CT molecular complexity index is 725. The summed E-state index contributed by atoms with van der Waals surface area (Å²) in [6.07, 6.45) is 0. The second kappa shape index (κ2) is 5.95. The summed E-state index contributed by atoms with van der Waals surface area (Å²) in [5, 5.41) is 18.6. The van der Waals surface area contributed by atoms with Gasteiger partial charge >= 0.3 is 5.97 Å². The second-order valence-electron chi connectivity index (χ2n) is 3.80. The molecular formula is C14H7BrClNO3. The molecule has 6 heteroatoms. The average Bonchev–Trinajstić information content (AvgIpc) is 2.41. The van der Waals surface area contributed by atoms with Crippen LogP contribution in [0.3, 0.4) is 0 Å². The molecule has 0 aliphatic rings. The number of carbonyl (C=O) groups is 1.